The molecule has 1 aliphatic heterocycles. The summed E-state index contributed by atoms with van der Waals surface area (Å²) >= 11 is 0. The van der Waals surface area contributed by atoms with Crippen LogP contribution in [0.3, 0.4) is 0 Å². The summed E-state index contributed by atoms with van der Waals surface area (Å²) < 4.78 is 17.0. The highest BCUT2D eigenvalue weighted by molar-refractivity contribution is 6.00. The molecular formula is C32H37NO4. The Hall–Kier alpha value is -3.31. The number of methoxy groups -OCH3 is 2. The van der Waals surface area contributed by atoms with Crippen molar-refractivity contribution >= 4 is 11.9 Å². The third-order valence-electron chi connectivity index (χ3n) is 7.81. The normalized spacial score (nSPS) is 21.5. The predicted octanol–water partition coefficient (Wildman–Crippen LogP) is 6.10. The number of rotatable bonds is 9. The van der Waals surface area contributed by atoms with E-state index < -0.39 is 0 Å². The van der Waals surface area contributed by atoms with Crippen molar-refractivity contribution in [3.63, 3.8) is 0 Å². The molecule has 0 bridgehead atoms. The molecule has 0 radical (unpaired) electrons. The van der Waals surface area contributed by atoms with Gasteiger partial charge in [0.05, 0.1) is 20.1 Å². The van der Waals surface area contributed by atoms with Gasteiger partial charge in [0.1, 0.15) is 23.9 Å². The lowest BCUT2D eigenvalue weighted by Crippen LogP contribution is -2.33. The fraction of sp³-hybridized carbons (Fsp3) is 0.406. The fourth-order valence-corrected chi connectivity index (χ4v) is 5.64. The fourth-order valence-electron chi connectivity index (χ4n) is 5.64. The Balaban J connectivity index is 1.30. The molecule has 1 fully saturated rings. The van der Waals surface area contributed by atoms with Crippen molar-refractivity contribution in [3.05, 3.63) is 88.7 Å². The predicted molar refractivity (Wildman–Crippen MR) is 147 cm³/mol. The molecule has 2 unspecified atom stereocenters. The monoisotopic (exact) mass is 499 g/mol. The second kappa shape index (κ2) is 11.8. The number of hydrogen-bond donors (Lipinski definition) is 0. The van der Waals surface area contributed by atoms with Gasteiger partial charge in [-0.25, -0.2) is 0 Å². The molecule has 194 valence electrons. The van der Waals surface area contributed by atoms with E-state index in [1.807, 2.05) is 42.5 Å². The molecule has 0 spiro atoms. The van der Waals surface area contributed by atoms with Gasteiger partial charge >= 0.3 is 0 Å². The summed E-state index contributed by atoms with van der Waals surface area (Å²) in [4.78, 5) is 16.2. The minimum Gasteiger partial charge on any atom is -0.497 e. The number of ether oxygens (including phenoxy) is 3. The molecule has 37 heavy (non-hydrogen) atoms. The number of aryl methyl sites for hydroxylation is 1. The SMILES string of the molecule is COC1=CC(C2=Cc3cc(OC)ccc3CC2)C(C(=O)c2ccc(OCCN3CCCCC3)cc2)C=C1. The summed E-state index contributed by atoms with van der Waals surface area (Å²) in [5.74, 6) is 2.24. The van der Waals surface area contributed by atoms with Gasteiger partial charge in [0.15, 0.2) is 5.78 Å². The Morgan fingerprint density at radius 3 is 2.49 bits per heavy atom. The van der Waals surface area contributed by atoms with Crippen molar-refractivity contribution in [2.24, 2.45) is 11.8 Å². The summed E-state index contributed by atoms with van der Waals surface area (Å²) in [6, 6.07) is 13.9. The molecule has 5 heteroatoms. The van der Waals surface area contributed by atoms with Crippen molar-refractivity contribution in [1.82, 2.24) is 4.90 Å². The zero-order chi connectivity index (χ0) is 25.6. The molecule has 5 rings (SSSR count). The summed E-state index contributed by atoms with van der Waals surface area (Å²) in [6.07, 6.45) is 14.0. The van der Waals surface area contributed by atoms with E-state index in [1.165, 1.54) is 49.1 Å². The van der Waals surface area contributed by atoms with Crippen LogP contribution in [0.5, 0.6) is 11.5 Å². The van der Waals surface area contributed by atoms with E-state index in [2.05, 4.69) is 29.2 Å². The van der Waals surface area contributed by atoms with Crippen LogP contribution in [-0.4, -0.2) is 51.1 Å². The maximum atomic E-state index is 13.7. The van der Waals surface area contributed by atoms with Gasteiger partial charge in [-0.2, -0.15) is 0 Å². The first-order chi connectivity index (χ1) is 18.1. The number of allylic oxidation sites excluding steroid dienone is 4. The van der Waals surface area contributed by atoms with E-state index in [1.54, 1.807) is 14.2 Å². The van der Waals surface area contributed by atoms with E-state index in [-0.39, 0.29) is 17.6 Å². The molecule has 1 saturated heterocycles. The Kier molecular flexibility index (Phi) is 8.10. The second-order valence-corrected chi connectivity index (χ2v) is 10.1. The van der Waals surface area contributed by atoms with Crippen molar-refractivity contribution in [2.75, 3.05) is 40.5 Å². The summed E-state index contributed by atoms with van der Waals surface area (Å²) in [5.41, 5.74) is 4.43. The smallest absolute Gasteiger partial charge is 0.170 e. The molecule has 2 aliphatic carbocycles. The number of likely N-dealkylation sites (tertiary alicyclic amines) is 1. The first-order valence-electron chi connectivity index (χ1n) is 13.5. The summed E-state index contributed by atoms with van der Waals surface area (Å²) in [5, 5.41) is 0. The molecule has 0 aromatic heterocycles. The molecule has 2 atom stereocenters. The maximum Gasteiger partial charge on any atom is 0.170 e. The van der Waals surface area contributed by atoms with Gasteiger partial charge in [-0.1, -0.05) is 30.2 Å². The number of hydrogen-bond acceptors (Lipinski definition) is 5. The van der Waals surface area contributed by atoms with E-state index in [9.17, 15) is 4.79 Å². The van der Waals surface area contributed by atoms with Gasteiger partial charge < -0.3 is 14.2 Å². The summed E-state index contributed by atoms with van der Waals surface area (Å²) in [7, 11) is 3.36. The third-order valence-corrected chi connectivity index (χ3v) is 7.81. The molecule has 0 N–H and O–H groups in total. The number of nitrogens with zero attached hydrogens (tertiary/aromatic N) is 1. The van der Waals surface area contributed by atoms with Crippen molar-refractivity contribution < 1.29 is 19.0 Å². The van der Waals surface area contributed by atoms with Gasteiger partial charge in [-0.3, -0.25) is 9.69 Å². The highest BCUT2D eigenvalue weighted by Gasteiger charge is 2.32. The number of Topliss-reactive ketones (excluding diaryl/α,β-unsaturated/α-hetero) is 1. The first kappa shape index (κ1) is 25.3. The highest BCUT2D eigenvalue weighted by Crippen LogP contribution is 2.38. The molecule has 5 nitrogen and oxygen atoms in total. The van der Waals surface area contributed by atoms with Gasteiger partial charge in [0.2, 0.25) is 0 Å². The number of piperidine rings is 1. The molecule has 2 aromatic carbocycles. The lowest BCUT2D eigenvalue weighted by atomic mass is 9.74. The average Bonchev–Trinajstić information content (AvgIpc) is 2.96. The average molecular weight is 500 g/mol. The Morgan fingerprint density at radius 1 is 0.946 bits per heavy atom. The van der Waals surface area contributed by atoms with Crippen LogP contribution < -0.4 is 9.47 Å². The van der Waals surface area contributed by atoms with Crippen molar-refractivity contribution in [3.8, 4) is 11.5 Å². The van der Waals surface area contributed by atoms with Crippen LogP contribution in [0.2, 0.25) is 0 Å². The van der Waals surface area contributed by atoms with E-state index in [4.69, 9.17) is 14.2 Å². The number of carbonyl (C=O) groups excluding carboxylic acids is 1. The number of benzene rings is 2. The molecule has 3 aliphatic rings. The lowest BCUT2D eigenvalue weighted by molar-refractivity contribution is 0.0926. The number of carbonyl (C=O) groups is 1. The zero-order valence-corrected chi connectivity index (χ0v) is 21.9. The van der Waals surface area contributed by atoms with Gasteiger partial charge in [0.25, 0.3) is 0 Å². The van der Waals surface area contributed by atoms with Crippen LogP contribution in [0.1, 0.15) is 47.2 Å². The topological polar surface area (TPSA) is 48.0 Å². The number of ketones is 1. The second-order valence-electron chi connectivity index (χ2n) is 10.1. The maximum absolute atomic E-state index is 13.7. The van der Waals surface area contributed by atoms with Crippen molar-refractivity contribution in [1.29, 1.82) is 0 Å². The van der Waals surface area contributed by atoms with E-state index >= 15 is 0 Å². The minimum absolute atomic E-state index is 0.0488. The molecule has 1 heterocycles. The summed E-state index contributed by atoms with van der Waals surface area (Å²) in [6.45, 7) is 3.96. The standard InChI is InChI=1S/C32H37NO4/c1-35-28-13-8-23-6-7-25(20-26(23)21-28)31-22-29(36-2)14-15-30(31)32(34)24-9-11-27(12-10-24)37-19-18-33-16-4-3-5-17-33/h8-15,20-22,30-31H,3-7,16-19H2,1-2H3. The van der Waals surface area contributed by atoms with Crippen LogP contribution >= 0.6 is 0 Å². The molecular weight excluding hydrogens is 462 g/mol. The van der Waals surface area contributed by atoms with Crippen LogP contribution in [0.15, 0.2) is 72.0 Å². The third kappa shape index (κ3) is 5.99. The van der Waals surface area contributed by atoms with Crippen molar-refractivity contribution in [2.45, 2.75) is 32.1 Å². The van der Waals surface area contributed by atoms with Crippen LogP contribution in [0.25, 0.3) is 6.08 Å². The van der Waals surface area contributed by atoms with Gasteiger partial charge in [-0.15, -0.1) is 0 Å². The Labute approximate surface area is 220 Å². The van der Waals surface area contributed by atoms with E-state index in [0.717, 1.165) is 36.6 Å². The van der Waals surface area contributed by atoms with E-state index in [0.29, 0.717) is 12.2 Å². The van der Waals surface area contributed by atoms with Gasteiger partial charge in [-0.05, 0) is 98.4 Å². The molecule has 0 amide bonds. The van der Waals surface area contributed by atoms with Gasteiger partial charge in [0, 0.05) is 18.0 Å². The van der Waals surface area contributed by atoms with Crippen LogP contribution in [0, 0.1) is 11.8 Å². The quantitative estimate of drug-likeness (QED) is 0.390. The Morgan fingerprint density at radius 2 is 1.73 bits per heavy atom. The zero-order valence-electron chi connectivity index (χ0n) is 21.9. The highest BCUT2D eigenvalue weighted by atomic mass is 16.5. The lowest BCUT2D eigenvalue weighted by Gasteiger charge is -2.29. The molecule has 0 saturated carbocycles. The Bertz CT molecular complexity index is 1190. The first-order valence-corrected chi connectivity index (χ1v) is 13.5. The number of fused-ring (bicyclic) bond motifs is 1. The largest absolute Gasteiger partial charge is 0.497 e. The van der Waals surface area contributed by atoms with Crippen LogP contribution in [-0.2, 0) is 11.2 Å². The van der Waals surface area contributed by atoms with Crippen LogP contribution in [0.4, 0.5) is 0 Å². The molecule has 2 aromatic rings. The minimum atomic E-state index is -0.275.